The van der Waals surface area contributed by atoms with Crippen molar-refractivity contribution in [2.45, 2.75) is 40.0 Å². The maximum Gasteiger partial charge on any atom is 0.266 e. The number of benzene rings is 2. The van der Waals surface area contributed by atoms with Crippen LogP contribution in [0.3, 0.4) is 0 Å². The number of amides is 1. The highest BCUT2D eigenvalue weighted by molar-refractivity contribution is 7.22. The first kappa shape index (κ1) is 22.0. The van der Waals surface area contributed by atoms with E-state index < -0.39 is 0 Å². The molecule has 0 fully saturated rings. The van der Waals surface area contributed by atoms with Crippen molar-refractivity contribution >= 4 is 43.9 Å². The lowest BCUT2D eigenvalue weighted by atomic mass is 10.0. The molecule has 172 valence electrons. The quantitative estimate of drug-likeness (QED) is 0.378. The van der Waals surface area contributed by atoms with Crippen molar-refractivity contribution in [1.29, 1.82) is 0 Å². The molecule has 1 amide bonds. The molecule has 3 heterocycles. The minimum absolute atomic E-state index is 0.113. The van der Waals surface area contributed by atoms with Gasteiger partial charge in [-0.15, -0.1) is 0 Å². The predicted molar refractivity (Wildman–Crippen MR) is 136 cm³/mol. The largest absolute Gasteiger partial charge is 0.274 e. The Morgan fingerprint density at radius 1 is 1.09 bits per heavy atom. The van der Waals surface area contributed by atoms with Gasteiger partial charge in [0.25, 0.3) is 5.56 Å². The molecular weight excluding hydrogens is 446 g/mol. The summed E-state index contributed by atoms with van der Waals surface area (Å²) >= 11 is 1.49. The van der Waals surface area contributed by atoms with E-state index in [-0.39, 0.29) is 17.9 Å². The summed E-state index contributed by atoms with van der Waals surface area (Å²) in [5.41, 5.74) is 5.46. The third-order valence-corrected chi connectivity index (χ3v) is 7.09. The number of fused-ring (bicyclic) bond motifs is 2. The molecule has 0 atom stereocenters. The van der Waals surface area contributed by atoms with E-state index in [9.17, 15) is 9.59 Å². The van der Waals surface area contributed by atoms with Crippen LogP contribution in [-0.4, -0.2) is 25.5 Å². The number of hydrogen-bond donors (Lipinski definition) is 1. The molecule has 3 aromatic heterocycles. The number of carbonyl (C=O) groups excluding carboxylic acids is 1. The van der Waals surface area contributed by atoms with Crippen LogP contribution in [0.1, 0.15) is 42.3 Å². The Balaban J connectivity index is 1.59. The van der Waals surface area contributed by atoms with E-state index in [2.05, 4.69) is 36.1 Å². The summed E-state index contributed by atoms with van der Waals surface area (Å²) in [6.45, 7) is 8.05. The van der Waals surface area contributed by atoms with Gasteiger partial charge in [-0.1, -0.05) is 49.4 Å². The lowest BCUT2D eigenvalue weighted by Gasteiger charge is -2.22. The van der Waals surface area contributed by atoms with E-state index >= 15 is 0 Å². The van der Waals surface area contributed by atoms with Gasteiger partial charge in [-0.05, 0) is 49.6 Å². The van der Waals surface area contributed by atoms with Gasteiger partial charge in [0.2, 0.25) is 5.91 Å². The number of carbonyl (C=O) groups is 1. The number of thiazole rings is 1. The number of hydrogen-bond acceptors (Lipinski definition) is 5. The van der Waals surface area contributed by atoms with Crippen molar-refractivity contribution in [2.75, 3.05) is 4.90 Å². The molecule has 0 aliphatic carbocycles. The minimum atomic E-state index is -0.222. The molecule has 0 aliphatic heterocycles. The monoisotopic (exact) mass is 471 g/mol. The molecule has 0 aliphatic rings. The molecule has 0 bridgehead atoms. The van der Waals surface area contributed by atoms with E-state index in [1.165, 1.54) is 23.0 Å². The van der Waals surface area contributed by atoms with Crippen molar-refractivity contribution < 1.29 is 4.79 Å². The number of H-pyrrole nitrogens is 1. The highest BCUT2D eigenvalue weighted by atomic mass is 32.1. The zero-order valence-electron chi connectivity index (χ0n) is 19.5. The summed E-state index contributed by atoms with van der Waals surface area (Å²) < 4.78 is 2.66. The van der Waals surface area contributed by atoms with E-state index in [0.717, 1.165) is 32.9 Å². The lowest BCUT2D eigenvalue weighted by Crippen LogP contribution is -2.28. The standard InChI is InChI=1S/C26H25N5O2S/c1-15(2)18-9-11-19(12-10-18)30(26-28-21-7-5-6-8-22(21)34-26)25(33)13-20-16(3)27-23-14-24(32)29-31(23)17(20)4/h5-12,14-15H,13H2,1-4H3,(H,29,32). The number of rotatable bonds is 5. The van der Waals surface area contributed by atoms with E-state index in [1.54, 1.807) is 9.42 Å². The Hall–Kier alpha value is -3.78. The van der Waals surface area contributed by atoms with Gasteiger partial charge < -0.3 is 0 Å². The molecular formula is C26H25N5O2S. The molecule has 2 aromatic carbocycles. The molecule has 0 saturated carbocycles. The average molecular weight is 472 g/mol. The van der Waals surface area contributed by atoms with Crippen LogP contribution in [0.15, 0.2) is 59.4 Å². The Morgan fingerprint density at radius 3 is 2.53 bits per heavy atom. The van der Waals surface area contributed by atoms with Gasteiger partial charge in [0.1, 0.15) is 0 Å². The fourth-order valence-corrected chi connectivity index (χ4v) is 5.17. The fourth-order valence-electron chi connectivity index (χ4n) is 4.17. The Bertz CT molecular complexity index is 1540. The van der Waals surface area contributed by atoms with Crippen molar-refractivity contribution in [3.05, 3.63) is 87.5 Å². The second kappa shape index (κ2) is 8.53. The molecule has 34 heavy (non-hydrogen) atoms. The number of aromatic amines is 1. The van der Waals surface area contributed by atoms with Crippen LogP contribution < -0.4 is 10.5 Å². The van der Waals surface area contributed by atoms with Crippen LogP contribution in [0.4, 0.5) is 10.8 Å². The van der Waals surface area contributed by atoms with Crippen LogP contribution in [0.5, 0.6) is 0 Å². The predicted octanol–water partition coefficient (Wildman–Crippen LogP) is 5.28. The van der Waals surface area contributed by atoms with Crippen LogP contribution >= 0.6 is 11.3 Å². The Morgan fingerprint density at radius 2 is 1.82 bits per heavy atom. The molecule has 1 N–H and O–H groups in total. The van der Waals surface area contributed by atoms with Gasteiger partial charge in [0, 0.05) is 23.0 Å². The van der Waals surface area contributed by atoms with Gasteiger partial charge in [-0.25, -0.2) is 14.5 Å². The minimum Gasteiger partial charge on any atom is -0.274 e. The number of nitrogens with one attached hydrogen (secondary N) is 1. The highest BCUT2D eigenvalue weighted by Gasteiger charge is 2.24. The summed E-state index contributed by atoms with van der Waals surface area (Å²) in [4.78, 5) is 36.6. The summed E-state index contributed by atoms with van der Waals surface area (Å²) in [7, 11) is 0. The van der Waals surface area contributed by atoms with E-state index in [1.807, 2.05) is 50.2 Å². The van der Waals surface area contributed by atoms with E-state index in [0.29, 0.717) is 16.7 Å². The SMILES string of the molecule is Cc1nc2cc(=O)[nH]n2c(C)c1CC(=O)N(c1ccc(C(C)C)cc1)c1nc2ccccc2s1. The molecule has 8 heteroatoms. The second-order valence-electron chi connectivity index (χ2n) is 8.69. The Labute approximate surface area is 200 Å². The summed E-state index contributed by atoms with van der Waals surface area (Å²) in [6.07, 6.45) is 0.128. The zero-order chi connectivity index (χ0) is 24.0. The summed E-state index contributed by atoms with van der Waals surface area (Å²) in [5, 5.41) is 3.39. The first-order valence-corrected chi connectivity index (χ1v) is 12.0. The third kappa shape index (κ3) is 3.90. The van der Waals surface area contributed by atoms with Gasteiger partial charge >= 0.3 is 0 Å². The van der Waals surface area contributed by atoms with Gasteiger partial charge in [-0.2, -0.15) is 0 Å². The Kier molecular flexibility index (Phi) is 5.53. The highest BCUT2D eigenvalue weighted by Crippen LogP contribution is 2.35. The number of aryl methyl sites for hydroxylation is 2. The summed E-state index contributed by atoms with van der Waals surface area (Å²) in [6, 6.07) is 17.4. The molecule has 0 radical (unpaired) electrons. The number of aromatic nitrogens is 4. The van der Waals surface area contributed by atoms with Gasteiger partial charge in [-0.3, -0.25) is 19.6 Å². The second-order valence-corrected chi connectivity index (χ2v) is 9.70. The third-order valence-electron chi connectivity index (χ3n) is 6.07. The normalized spacial score (nSPS) is 11.6. The maximum atomic E-state index is 13.8. The van der Waals surface area contributed by atoms with Crippen LogP contribution in [0.25, 0.3) is 15.9 Å². The molecule has 5 aromatic rings. The smallest absolute Gasteiger partial charge is 0.266 e. The molecule has 0 saturated heterocycles. The summed E-state index contributed by atoms with van der Waals surface area (Å²) in [5.74, 6) is 0.283. The van der Waals surface area contributed by atoms with Gasteiger partial charge in [0.15, 0.2) is 10.8 Å². The topological polar surface area (TPSA) is 83.4 Å². The van der Waals surface area contributed by atoms with Crippen LogP contribution in [0.2, 0.25) is 0 Å². The first-order chi connectivity index (χ1) is 16.3. The van der Waals surface area contributed by atoms with Crippen molar-refractivity contribution in [3.8, 4) is 0 Å². The number of nitrogens with zero attached hydrogens (tertiary/aromatic N) is 4. The van der Waals surface area contributed by atoms with E-state index in [4.69, 9.17) is 4.98 Å². The lowest BCUT2D eigenvalue weighted by molar-refractivity contribution is -0.117. The van der Waals surface area contributed by atoms with Crippen molar-refractivity contribution in [1.82, 2.24) is 19.6 Å². The zero-order valence-corrected chi connectivity index (χ0v) is 20.3. The number of para-hydroxylation sites is 1. The fraction of sp³-hybridized carbons (Fsp3) is 0.231. The maximum absolute atomic E-state index is 13.8. The average Bonchev–Trinajstić information content (AvgIpc) is 3.40. The number of anilines is 2. The molecule has 0 unspecified atom stereocenters. The first-order valence-electron chi connectivity index (χ1n) is 11.2. The molecule has 0 spiro atoms. The van der Waals surface area contributed by atoms with Crippen LogP contribution in [0, 0.1) is 13.8 Å². The molecule has 7 nitrogen and oxygen atoms in total. The van der Waals surface area contributed by atoms with Crippen molar-refractivity contribution in [2.24, 2.45) is 0 Å². The van der Waals surface area contributed by atoms with Gasteiger partial charge in [0.05, 0.1) is 22.3 Å². The molecule has 5 rings (SSSR count). The van der Waals surface area contributed by atoms with Crippen LogP contribution in [-0.2, 0) is 11.2 Å². The van der Waals surface area contributed by atoms with Crippen molar-refractivity contribution in [3.63, 3.8) is 0 Å².